The van der Waals surface area contributed by atoms with E-state index in [4.69, 9.17) is 9.84 Å². The molecule has 0 aromatic carbocycles. The molecule has 4 nitrogen and oxygen atoms in total. The molecule has 4 heteroatoms. The number of carboxylic acids is 1. The molecule has 0 fully saturated rings. The summed E-state index contributed by atoms with van der Waals surface area (Å²) < 4.78 is 5.34. The summed E-state index contributed by atoms with van der Waals surface area (Å²) in [6, 6.07) is 3.02. The molecule has 1 N–H and O–H groups in total. The van der Waals surface area contributed by atoms with E-state index in [2.05, 4.69) is 11.6 Å². The molecule has 80 valence electrons. The Hall–Kier alpha value is -1.84. The lowest BCUT2D eigenvalue weighted by atomic mass is 10.3. The van der Waals surface area contributed by atoms with E-state index in [0.29, 0.717) is 12.4 Å². The Morgan fingerprint density at radius 2 is 2.40 bits per heavy atom. The van der Waals surface area contributed by atoms with Crippen molar-refractivity contribution < 1.29 is 14.6 Å². The lowest BCUT2D eigenvalue weighted by molar-refractivity contribution is 0.0690. The minimum Gasteiger partial charge on any atom is -0.492 e. The summed E-state index contributed by atoms with van der Waals surface area (Å²) in [5, 5.41) is 8.61. The summed E-state index contributed by atoms with van der Waals surface area (Å²) in [7, 11) is 0. The van der Waals surface area contributed by atoms with Gasteiger partial charge in [-0.3, -0.25) is 0 Å². The maximum Gasteiger partial charge on any atom is 0.354 e. The molecule has 0 aliphatic heterocycles. The lowest BCUT2D eigenvalue weighted by Crippen LogP contribution is -2.01. The van der Waals surface area contributed by atoms with Crippen LogP contribution in [0.1, 0.15) is 23.3 Å². The molecule has 0 aliphatic carbocycles. The standard InChI is InChI=1S/C11H13NO3/c1-2-3-4-7-15-9-5-6-10(11(13)14)12-8-9/h2,5-6,8H,1,3-4,7H2,(H,13,14). The van der Waals surface area contributed by atoms with Crippen molar-refractivity contribution in [3.8, 4) is 5.75 Å². The highest BCUT2D eigenvalue weighted by Crippen LogP contribution is 2.09. The predicted octanol–water partition coefficient (Wildman–Crippen LogP) is 2.12. The molecule has 1 rings (SSSR count). The minimum atomic E-state index is -1.03. The van der Waals surface area contributed by atoms with E-state index in [0.717, 1.165) is 12.8 Å². The first-order valence-electron chi connectivity index (χ1n) is 4.67. The molecule has 0 amide bonds. The van der Waals surface area contributed by atoms with E-state index in [9.17, 15) is 4.79 Å². The fourth-order valence-electron chi connectivity index (χ4n) is 1.01. The molecular formula is C11H13NO3. The fourth-order valence-corrected chi connectivity index (χ4v) is 1.01. The SMILES string of the molecule is C=CCCCOc1ccc(C(=O)O)nc1. The van der Waals surface area contributed by atoms with Crippen molar-refractivity contribution in [3.63, 3.8) is 0 Å². The Labute approximate surface area is 88.2 Å². The van der Waals surface area contributed by atoms with Crippen molar-refractivity contribution in [2.45, 2.75) is 12.8 Å². The van der Waals surface area contributed by atoms with Crippen molar-refractivity contribution in [1.29, 1.82) is 0 Å². The highest BCUT2D eigenvalue weighted by atomic mass is 16.5. The van der Waals surface area contributed by atoms with Crippen molar-refractivity contribution in [2.75, 3.05) is 6.61 Å². The number of pyridine rings is 1. The maximum atomic E-state index is 10.5. The van der Waals surface area contributed by atoms with Crippen molar-refractivity contribution in [1.82, 2.24) is 4.98 Å². The van der Waals surface area contributed by atoms with Gasteiger partial charge in [0.2, 0.25) is 0 Å². The zero-order valence-corrected chi connectivity index (χ0v) is 8.35. The average molecular weight is 207 g/mol. The molecule has 0 saturated heterocycles. The molecular weight excluding hydrogens is 194 g/mol. The Kier molecular flexibility index (Phi) is 4.34. The molecule has 0 bridgehead atoms. The molecule has 0 spiro atoms. The Balaban J connectivity index is 2.42. The van der Waals surface area contributed by atoms with E-state index >= 15 is 0 Å². The summed E-state index contributed by atoms with van der Waals surface area (Å²) in [6.07, 6.45) is 5.04. The van der Waals surface area contributed by atoms with Crippen LogP contribution >= 0.6 is 0 Å². The summed E-state index contributed by atoms with van der Waals surface area (Å²) in [4.78, 5) is 14.2. The summed E-state index contributed by atoms with van der Waals surface area (Å²) in [5.74, 6) is -0.447. The van der Waals surface area contributed by atoms with Gasteiger partial charge in [0.15, 0.2) is 0 Å². The van der Waals surface area contributed by atoms with E-state index in [1.165, 1.54) is 12.3 Å². The van der Waals surface area contributed by atoms with Gasteiger partial charge in [-0.25, -0.2) is 9.78 Å². The van der Waals surface area contributed by atoms with Gasteiger partial charge in [0.1, 0.15) is 11.4 Å². The number of aromatic nitrogens is 1. The van der Waals surface area contributed by atoms with Crippen LogP contribution in [-0.4, -0.2) is 22.7 Å². The molecule has 1 aromatic rings. The third kappa shape index (κ3) is 3.81. The highest BCUT2D eigenvalue weighted by Gasteiger charge is 2.03. The molecule has 0 atom stereocenters. The van der Waals surface area contributed by atoms with Gasteiger partial charge in [0, 0.05) is 0 Å². The van der Waals surface area contributed by atoms with Crippen LogP contribution in [0.25, 0.3) is 0 Å². The Morgan fingerprint density at radius 3 is 2.93 bits per heavy atom. The fraction of sp³-hybridized carbons (Fsp3) is 0.273. The number of carboxylic acid groups (broad SMARTS) is 1. The maximum absolute atomic E-state index is 10.5. The van der Waals surface area contributed by atoms with Gasteiger partial charge in [-0.05, 0) is 25.0 Å². The normalized spacial score (nSPS) is 9.60. The van der Waals surface area contributed by atoms with Crippen LogP contribution in [0.5, 0.6) is 5.75 Å². The second-order valence-electron chi connectivity index (χ2n) is 2.96. The van der Waals surface area contributed by atoms with Gasteiger partial charge in [0.05, 0.1) is 12.8 Å². The predicted molar refractivity (Wildman–Crippen MR) is 56.1 cm³/mol. The summed E-state index contributed by atoms with van der Waals surface area (Å²) in [6.45, 7) is 4.19. The smallest absolute Gasteiger partial charge is 0.354 e. The third-order valence-corrected chi connectivity index (χ3v) is 1.78. The van der Waals surface area contributed by atoms with E-state index < -0.39 is 5.97 Å². The number of aromatic carboxylic acids is 1. The lowest BCUT2D eigenvalue weighted by Gasteiger charge is -2.04. The average Bonchev–Trinajstić information content (AvgIpc) is 2.25. The van der Waals surface area contributed by atoms with Gasteiger partial charge in [0.25, 0.3) is 0 Å². The topological polar surface area (TPSA) is 59.4 Å². The first-order valence-corrected chi connectivity index (χ1v) is 4.67. The van der Waals surface area contributed by atoms with Crippen LogP contribution in [0.15, 0.2) is 31.0 Å². The summed E-state index contributed by atoms with van der Waals surface area (Å²) >= 11 is 0. The number of ether oxygens (including phenoxy) is 1. The molecule has 15 heavy (non-hydrogen) atoms. The van der Waals surface area contributed by atoms with Gasteiger partial charge in [-0.15, -0.1) is 6.58 Å². The van der Waals surface area contributed by atoms with Gasteiger partial charge < -0.3 is 9.84 Å². The van der Waals surface area contributed by atoms with Gasteiger partial charge in [-0.2, -0.15) is 0 Å². The highest BCUT2D eigenvalue weighted by molar-refractivity contribution is 5.85. The van der Waals surface area contributed by atoms with Crippen LogP contribution in [0.3, 0.4) is 0 Å². The van der Waals surface area contributed by atoms with Crippen molar-refractivity contribution in [3.05, 3.63) is 36.7 Å². The number of hydrogen-bond acceptors (Lipinski definition) is 3. The second-order valence-corrected chi connectivity index (χ2v) is 2.96. The van der Waals surface area contributed by atoms with Crippen LogP contribution < -0.4 is 4.74 Å². The molecule has 0 saturated carbocycles. The molecule has 0 unspecified atom stereocenters. The second kappa shape index (κ2) is 5.80. The van der Waals surface area contributed by atoms with Crippen LogP contribution in [-0.2, 0) is 0 Å². The quantitative estimate of drug-likeness (QED) is 0.573. The monoisotopic (exact) mass is 207 g/mol. The van der Waals surface area contributed by atoms with Crippen LogP contribution in [0.4, 0.5) is 0 Å². The number of unbranched alkanes of at least 4 members (excludes halogenated alkanes) is 1. The number of allylic oxidation sites excluding steroid dienone is 1. The molecule has 0 radical (unpaired) electrons. The largest absolute Gasteiger partial charge is 0.492 e. The zero-order valence-electron chi connectivity index (χ0n) is 8.35. The van der Waals surface area contributed by atoms with Crippen molar-refractivity contribution in [2.24, 2.45) is 0 Å². The van der Waals surface area contributed by atoms with Gasteiger partial charge in [-0.1, -0.05) is 6.08 Å². The number of carbonyl (C=O) groups is 1. The minimum absolute atomic E-state index is 0.0217. The van der Waals surface area contributed by atoms with E-state index in [1.54, 1.807) is 6.07 Å². The summed E-state index contributed by atoms with van der Waals surface area (Å²) in [5.41, 5.74) is 0.0217. The third-order valence-electron chi connectivity index (χ3n) is 1.78. The Bertz CT molecular complexity index is 332. The van der Waals surface area contributed by atoms with Crippen LogP contribution in [0.2, 0.25) is 0 Å². The van der Waals surface area contributed by atoms with E-state index in [-0.39, 0.29) is 5.69 Å². The van der Waals surface area contributed by atoms with Gasteiger partial charge >= 0.3 is 5.97 Å². The molecule has 1 aromatic heterocycles. The molecule has 1 heterocycles. The number of hydrogen-bond donors (Lipinski definition) is 1. The van der Waals surface area contributed by atoms with Crippen molar-refractivity contribution >= 4 is 5.97 Å². The Morgan fingerprint density at radius 1 is 1.60 bits per heavy atom. The number of rotatable bonds is 6. The first kappa shape index (κ1) is 11.2. The molecule has 0 aliphatic rings. The van der Waals surface area contributed by atoms with Crippen LogP contribution in [0, 0.1) is 0 Å². The first-order chi connectivity index (χ1) is 7.24. The van der Waals surface area contributed by atoms with E-state index in [1.807, 2.05) is 6.08 Å². The zero-order chi connectivity index (χ0) is 11.1. The number of nitrogens with zero attached hydrogens (tertiary/aromatic N) is 1.